The maximum Gasteiger partial charge on any atom is 0.358 e. The van der Waals surface area contributed by atoms with Crippen molar-refractivity contribution in [2.75, 3.05) is 0 Å². The minimum atomic E-state index is -4.11. The first-order valence-corrected chi connectivity index (χ1v) is 8.88. The topological polar surface area (TPSA) is 79.5 Å². The Bertz CT molecular complexity index is 1100. The van der Waals surface area contributed by atoms with Gasteiger partial charge in [0.15, 0.2) is 5.71 Å². The van der Waals surface area contributed by atoms with Crippen molar-refractivity contribution in [2.24, 2.45) is 5.16 Å². The zero-order chi connectivity index (χ0) is 17.9. The van der Waals surface area contributed by atoms with Gasteiger partial charge in [-0.25, -0.2) is 0 Å². The third kappa shape index (κ3) is 3.67. The van der Waals surface area contributed by atoms with Gasteiger partial charge in [0.2, 0.25) is 0 Å². The van der Waals surface area contributed by atoms with Gasteiger partial charge < -0.3 is 0 Å². The summed E-state index contributed by atoms with van der Waals surface area (Å²) < 4.78 is 29.4. The number of hydrogen-bond acceptors (Lipinski definition) is 5. The monoisotopic (exact) mass is 350 g/mol. The minimum absolute atomic E-state index is 0.0175. The summed E-state index contributed by atoms with van der Waals surface area (Å²) in [5.74, 6) is 0. The van der Waals surface area contributed by atoms with Crippen LogP contribution in [0.3, 0.4) is 0 Å². The Labute approximate surface area is 145 Å². The van der Waals surface area contributed by atoms with Gasteiger partial charge in [-0.1, -0.05) is 65.3 Å². The number of rotatable bonds is 4. The van der Waals surface area contributed by atoms with Crippen molar-refractivity contribution in [2.45, 2.75) is 11.8 Å². The van der Waals surface area contributed by atoms with E-state index in [-0.39, 0.29) is 10.6 Å². The van der Waals surface area contributed by atoms with Gasteiger partial charge in [0.05, 0.1) is 0 Å². The van der Waals surface area contributed by atoms with Crippen molar-refractivity contribution >= 4 is 26.6 Å². The first kappa shape index (κ1) is 16.7. The number of aryl methyl sites for hydroxylation is 1. The van der Waals surface area contributed by atoms with Crippen molar-refractivity contribution in [3.63, 3.8) is 0 Å². The fourth-order valence-electron chi connectivity index (χ4n) is 2.30. The standard InChI is InChI=1S/C19H14N2O3S/c1-14-6-8-16(9-7-14)19(13-20)21-24-25(22,23)18-11-10-15-4-2-3-5-17(15)12-18/h2-12H,1H3. The summed E-state index contributed by atoms with van der Waals surface area (Å²) in [6.45, 7) is 1.91. The molecule has 0 aliphatic rings. The van der Waals surface area contributed by atoms with E-state index >= 15 is 0 Å². The summed E-state index contributed by atoms with van der Waals surface area (Å²) in [6, 6.07) is 20.9. The van der Waals surface area contributed by atoms with Crippen molar-refractivity contribution in [3.8, 4) is 6.07 Å². The summed E-state index contributed by atoms with van der Waals surface area (Å²) in [7, 11) is -4.11. The fraction of sp³-hybridized carbons (Fsp3) is 0.0526. The summed E-state index contributed by atoms with van der Waals surface area (Å²) >= 11 is 0. The molecule has 25 heavy (non-hydrogen) atoms. The highest BCUT2D eigenvalue weighted by Crippen LogP contribution is 2.20. The SMILES string of the molecule is Cc1ccc(C(C#N)=NOS(=O)(=O)c2ccc3ccccc3c2)cc1. The van der Waals surface area contributed by atoms with Crippen molar-refractivity contribution in [1.82, 2.24) is 0 Å². The van der Waals surface area contributed by atoms with E-state index in [1.165, 1.54) is 12.1 Å². The third-order valence-electron chi connectivity index (χ3n) is 3.67. The predicted molar refractivity (Wildman–Crippen MR) is 95.5 cm³/mol. The summed E-state index contributed by atoms with van der Waals surface area (Å²) in [5.41, 5.74) is 1.40. The van der Waals surface area contributed by atoms with Crippen LogP contribution in [0.25, 0.3) is 10.8 Å². The van der Waals surface area contributed by atoms with Crippen LogP contribution in [0.15, 0.2) is 76.8 Å². The smallest absolute Gasteiger partial charge is 0.263 e. The molecule has 0 radical (unpaired) electrons. The molecular weight excluding hydrogens is 336 g/mol. The van der Waals surface area contributed by atoms with Crippen LogP contribution < -0.4 is 0 Å². The average molecular weight is 350 g/mol. The lowest BCUT2D eigenvalue weighted by molar-refractivity contribution is 0.339. The van der Waals surface area contributed by atoms with Gasteiger partial charge >= 0.3 is 10.1 Å². The van der Waals surface area contributed by atoms with Crippen molar-refractivity contribution < 1.29 is 12.7 Å². The molecule has 6 heteroatoms. The second-order valence-corrected chi connectivity index (χ2v) is 6.98. The Morgan fingerprint density at radius 3 is 2.36 bits per heavy atom. The lowest BCUT2D eigenvalue weighted by Crippen LogP contribution is -2.06. The molecule has 0 aliphatic carbocycles. The third-order valence-corrected chi connectivity index (χ3v) is 4.77. The van der Waals surface area contributed by atoms with Crippen LogP contribution in [0.5, 0.6) is 0 Å². The van der Waals surface area contributed by atoms with Crippen molar-refractivity contribution in [3.05, 3.63) is 77.9 Å². The van der Waals surface area contributed by atoms with Crippen LogP contribution in [0.2, 0.25) is 0 Å². The van der Waals surface area contributed by atoms with Crippen molar-refractivity contribution in [1.29, 1.82) is 5.26 Å². The lowest BCUT2D eigenvalue weighted by atomic mass is 10.1. The first-order chi connectivity index (χ1) is 12.0. The molecule has 0 saturated heterocycles. The number of nitrogens with zero attached hydrogens (tertiary/aromatic N) is 2. The molecule has 0 unspecified atom stereocenters. The van der Waals surface area contributed by atoms with Gasteiger partial charge in [0.1, 0.15) is 11.0 Å². The average Bonchev–Trinajstić information content (AvgIpc) is 2.63. The Morgan fingerprint density at radius 1 is 1.00 bits per heavy atom. The quantitative estimate of drug-likeness (QED) is 0.530. The highest BCUT2D eigenvalue weighted by Gasteiger charge is 2.17. The van der Waals surface area contributed by atoms with E-state index in [0.29, 0.717) is 5.56 Å². The maximum absolute atomic E-state index is 12.3. The maximum atomic E-state index is 12.3. The van der Waals surface area contributed by atoms with E-state index in [1.807, 2.05) is 37.3 Å². The Balaban J connectivity index is 1.91. The molecule has 0 aliphatic heterocycles. The van der Waals surface area contributed by atoms with Gasteiger partial charge in [-0.3, -0.25) is 4.28 Å². The van der Waals surface area contributed by atoms with Gasteiger partial charge in [0, 0.05) is 5.56 Å². The Morgan fingerprint density at radius 2 is 1.68 bits per heavy atom. The number of hydrogen-bond donors (Lipinski definition) is 0. The molecule has 0 atom stereocenters. The molecule has 0 amide bonds. The molecule has 3 aromatic carbocycles. The van der Waals surface area contributed by atoms with Crippen LogP contribution in [0, 0.1) is 18.3 Å². The number of oxime groups is 1. The van der Waals surface area contributed by atoms with E-state index in [4.69, 9.17) is 4.28 Å². The van der Waals surface area contributed by atoms with E-state index in [0.717, 1.165) is 16.3 Å². The zero-order valence-corrected chi connectivity index (χ0v) is 14.2. The summed E-state index contributed by atoms with van der Waals surface area (Å²) in [6.07, 6.45) is 0. The van der Waals surface area contributed by atoms with E-state index < -0.39 is 10.1 Å². The molecule has 0 N–H and O–H groups in total. The summed E-state index contributed by atoms with van der Waals surface area (Å²) in [5, 5.41) is 14.4. The normalized spacial score (nSPS) is 11.9. The molecule has 0 aromatic heterocycles. The number of nitriles is 1. The van der Waals surface area contributed by atoms with Crippen LogP contribution in [-0.4, -0.2) is 14.1 Å². The van der Waals surface area contributed by atoms with Crippen LogP contribution >= 0.6 is 0 Å². The zero-order valence-electron chi connectivity index (χ0n) is 13.4. The molecule has 0 heterocycles. The van der Waals surface area contributed by atoms with Crippen LogP contribution in [-0.2, 0) is 14.4 Å². The second kappa shape index (κ2) is 6.75. The molecule has 124 valence electrons. The van der Waals surface area contributed by atoms with Crippen LogP contribution in [0.4, 0.5) is 0 Å². The van der Waals surface area contributed by atoms with E-state index in [9.17, 15) is 13.7 Å². The van der Waals surface area contributed by atoms with Crippen LogP contribution in [0.1, 0.15) is 11.1 Å². The van der Waals surface area contributed by atoms with Gasteiger partial charge in [-0.2, -0.15) is 13.7 Å². The molecular formula is C19H14N2O3S. The largest absolute Gasteiger partial charge is 0.358 e. The first-order valence-electron chi connectivity index (χ1n) is 7.47. The molecule has 0 spiro atoms. The van der Waals surface area contributed by atoms with E-state index in [2.05, 4.69) is 5.16 Å². The molecule has 3 aromatic rings. The molecule has 0 saturated carbocycles. The molecule has 0 fully saturated rings. The van der Waals surface area contributed by atoms with Gasteiger partial charge in [0.25, 0.3) is 0 Å². The minimum Gasteiger partial charge on any atom is -0.263 e. The predicted octanol–water partition coefficient (Wildman–Crippen LogP) is 3.78. The van der Waals surface area contributed by atoms with E-state index in [1.54, 1.807) is 30.3 Å². The summed E-state index contributed by atoms with van der Waals surface area (Å²) in [4.78, 5) is -0.0175. The number of benzene rings is 3. The molecule has 5 nitrogen and oxygen atoms in total. The number of fused-ring (bicyclic) bond motifs is 1. The Kier molecular flexibility index (Phi) is 4.50. The highest BCUT2D eigenvalue weighted by atomic mass is 32.2. The van der Waals surface area contributed by atoms with Gasteiger partial charge in [-0.15, -0.1) is 0 Å². The lowest BCUT2D eigenvalue weighted by Gasteiger charge is -2.04. The molecule has 3 rings (SSSR count). The van der Waals surface area contributed by atoms with Gasteiger partial charge in [-0.05, 0) is 29.8 Å². The Hall–Kier alpha value is -3.17. The fourth-order valence-corrected chi connectivity index (χ4v) is 3.07. The highest BCUT2D eigenvalue weighted by molar-refractivity contribution is 7.86. The second-order valence-electron chi connectivity index (χ2n) is 5.46. The molecule has 0 bridgehead atoms.